The van der Waals surface area contributed by atoms with Crippen LogP contribution >= 0.6 is 0 Å². The summed E-state index contributed by atoms with van der Waals surface area (Å²) in [5, 5.41) is 0.694. The summed E-state index contributed by atoms with van der Waals surface area (Å²) >= 11 is 0. The molecule has 1 aliphatic rings. The Morgan fingerprint density at radius 2 is 1.73 bits per heavy atom. The molecule has 4 rings (SSSR count). The van der Waals surface area contributed by atoms with Crippen molar-refractivity contribution < 1.29 is 22.4 Å². The lowest BCUT2D eigenvalue weighted by atomic mass is 9.94. The first kappa shape index (κ1) is 23.2. The summed E-state index contributed by atoms with van der Waals surface area (Å²) in [7, 11) is -3.62. The average molecular weight is 470 g/mol. The number of fused-ring (bicyclic) bond motifs is 1. The molecule has 8 heteroatoms. The lowest BCUT2D eigenvalue weighted by Crippen LogP contribution is -2.42. The maximum atomic E-state index is 13.0. The predicted molar refractivity (Wildman–Crippen MR) is 124 cm³/mol. The van der Waals surface area contributed by atoms with Crippen molar-refractivity contribution in [1.82, 2.24) is 4.31 Å². The Hall–Kier alpha value is -2.97. The topological polar surface area (TPSA) is 93.9 Å². The average Bonchev–Trinajstić information content (AvgIpc) is 2.76. The van der Waals surface area contributed by atoms with Crippen LogP contribution in [0.25, 0.3) is 11.0 Å². The second-order valence-electron chi connectivity index (χ2n) is 8.96. The van der Waals surface area contributed by atoms with E-state index < -0.39 is 21.6 Å². The monoisotopic (exact) mass is 469 g/mol. The van der Waals surface area contributed by atoms with Crippen molar-refractivity contribution in [2.24, 2.45) is 11.8 Å². The smallest absolute Gasteiger partial charge is 0.338 e. The molecule has 2 heterocycles. The number of nitrogens with zero attached hydrogens (tertiary/aromatic N) is 1. The summed E-state index contributed by atoms with van der Waals surface area (Å²) in [6, 6.07) is 12.5. The van der Waals surface area contributed by atoms with E-state index in [4.69, 9.17) is 9.15 Å². The van der Waals surface area contributed by atoms with E-state index >= 15 is 0 Å². The minimum Gasteiger partial charge on any atom is -0.457 e. The number of piperidine rings is 1. The van der Waals surface area contributed by atoms with Gasteiger partial charge < -0.3 is 9.15 Å². The maximum Gasteiger partial charge on any atom is 0.338 e. The van der Waals surface area contributed by atoms with Crippen molar-refractivity contribution in [3.05, 3.63) is 75.6 Å². The molecule has 2 unspecified atom stereocenters. The van der Waals surface area contributed by atoms with Gasteiger partial charge in [0.05, 0.1) is 10.5 Å². The number of ether oxygens (including phenoxy) is 1. The molecule has 2 atom stereocenters. The molecule has 0 aliphatic carbocycles. The largest absolute Gasteiger partial charge is 0.457 e. The Kier molecular flexibility index (Phi) is 6.41. The Bertz CT molecular complexity index is 1330. The van der Waals surface area contributed by atoms with Gasteiger partial charge >= 0.3 is 11.6 Å². The first-order valence-corrected chi connectivity index (χ1v) is 12.4. The van der Waals surface area contributed by atoms with Gasteiger partial charge in [-0.3, -0.25) is 0 Å². The van der Waals surface area contributed by atoms with Crippen LogP contribution in [0.5, 0.6) is 0 Å². The quantitative estimate of drug-likeness (QED) is 0.412. The summed E-state index contributed by atoms with van der Waals surface area (Å²) in [5.41, 5.74) is 1.64. The van der Waals surface area contributed by atoms with Crippen molar-refractivity contribution in [2.75, 3.05) is 13.1 Å². The zero-order valence-corrected chi connectivity index (χ0v) is 19.7. The number of hydrogen-bond donors (Lipinski definition) is 0. The fourth-order valence-electron chi connectivity index (χ4n) is 4.40. The molecule has 0 radical (unpaired) electrons. The Morgan fingerprint density at radius 3 is 2.39 bits per heavy atom. The number of aryl methyl sites for hydroxylation is 1. The lowest BCUT2D eigenvalue weighted by molar-refractivity contribution is 0.0473. The van der Waals surface area contributed by atoms with E-state index in [0.717, 1.165) is 12.0 Å². The lowest BCUT2D eigenvalue weighted by Gasteiger charge is -2.34. The summed E-state index contributed by atoms with van der Waals surface area (Å²) < 4.78 is 38.2. The van der Waals surface area contributed by atoms with Crippen LogP contribution in [-0.2, 0) is 21.4 Å². The Morgan fingerprint density at radius 1 is 1.06 bits per heavy atom. The van der Waals surface area contributed by atoms with Crippen LogP contribution in [0.3, 0.4) is 0 Å². The van der Waals surface area contributed by atoms with E-state index in [1.807, 2.05) is 19.1 Å². The van der Waals surface area contributed by atoms with Crippen LogP contribution in [0, 0.1) is 18.8 Å². The molecule has 0 amide bonds. The van der Waals surface area contributed by atoms with Crippen molar-refractivity contribution in [2.45, 2.75) is 38.7 Å². The molecule has 0 saturated carbocycles. The van der Waals surface area contributed by atoms with E-state index in [2.05, 4.69) is 13.8 Å². The third kappa shape index (κ3) is 5.02. The zero-order chi connectivity index (χ0) is 23.8. The van der Waals surface area contributed by atoms with Crippen LogP contribution < -0.4 is 5.63 Å². The second-order valence-corrected chi connectivity index (χ2v) is 10.9. The zero-order valence-electron chi connectivity index (χ0n) is 18.9. The van der Waals surface area contributed by atoms with Crippen molar-refractivity contribution >= 4 is 27.0 Å². The van der Waals surface area contributed by atoms with E-state index in [0.29, 0.717) is 41.5 Å². The summed E-state index contributed by atoms with van der Waals surface area (Å²) in [6.07, 6.45) is 1.01. The number of carbonyl (C=O) groups excluding carboxylic acids is 1. The van der Waals surface area contributed by atoms with Crippen LogP contribution in [0.15, 0.2) is 62.6 Å². The maximum absolute atomic E-state index is 13.0. The molecule has 174 valence electrons. The van der Waals surface area contributed by atoms with Gasteiger partial charge in [-0.25, -0.2) is 18.0 Å². The number of rotatable bonds is 5. The van der Waals surface area contributed by atoms with Crippen LogP contribution in [0.4, 0.5) is 0 Å². The molecule has 0 N–H and O–H groups in total. The van der Waals surface area contributed by atoms with Gasteiger partial charge in [-0.05, 0) is 61.1 Å². The third-order valence-corrected chi connectivity index (χ3v) is 7.75. The molecule has 1 aromatic heterocycles. The Labute approximate surface area is 193 Å². The third-order valence-electron chi connectivity index (χ3n) is 5.91. The van der Waals surface area contributed by atoms with Crippen molar-refractivity contribution in [1.29, 1.82) is 0 Å². The number of benzene rings is 2. The highest BCUT2D eigenvalue weighted by molar-refractivity contribution is 7.89. The highest BCUT2D eigenvalue weighted by Gasteiger charge is 2.31. The van der Waals surface area contributed by atoms with Gasteiger partial charge in [0.25, 0.3) is 0 Å². The van der Waals surface area contributed by atoms with Crippen LogP contribution in [-0.4, -0.2) is 31.8 Å². The summed E-state index contributed by atoms with van der Waals surface area (Å²) in [6.45, 7) is 6.89. The number of sulfonamides is 1. The molecule has 1 aliphatic heterocycles. The standard InChI is InChI=1S/C25H27NO6S/c1-16-4-9-22-20(12-24(27)32-23(22)11-16)15-31-25(28)19-5-7-21(8-6-19)33(29,30)26-13-17(2)10-18(3)14-26/h4-9,11-12,17-18H,10,13-15H2,1-3H3. The SMILES string of the molecule is Cc1ccc2c(COC(=O)c3ccc(S(=O)(=O)N4CC(C)CC(C)C4)cc3)cc(=O)oc2c1. The molecule has 3 aromatic rings. The Balaban J connectivity index is 1.48. The molecule has 0 bridgehead atoms. The summed E-state index contributed by atoms with van der Waals surface area (Å²) in [4.78, 5) is 24.6. The van der Waals surface area contributed by atoms with Gasteiger partial charge in [0, 0.05) is 30.1 Å². The summed E-state index contributed by atoms with van der Waals surface area (Å²) in [5.74, 6) is 0.00376. The fourth-order valence-corrected chi connectivity index (χ4v) is 6.08. The predicted octanol–water partition coefficient (Wildman–Crippen LogP) is 4.13. The van der Waals surface area contributed by atoms with E-state index in [-0.39, 0.29) is 17.1 Å². The molecule has 0 spiro atoms. The molecule has 2 aromatic carbocycles. The number of esters is 1. The minimum atomic E-state index is -3.62. The molecular weight excluding hydrogens is 442 g/mol. The van der Waals surface area contributed by atoms with Gasteiger partial charge in [-0.1, -0.05) is 26.0 Å². The van der Waals surface area contributed by atoms with Crippen molar-refractivity contribution in [3.63, 3.8) is 0 Å². The second kappa shape index (κ2) is 9.11. The normalized spacial score (nSPS) is 19.5. The highest BCUT2D eigenvalue weighted by Crippen LogP contribution is 2.27. The first-order chi connectivity index (χ1) is 15.6. The van der Waals surface area contributed by atoms with E-state index in [1.165, 1.54) is 34.6 Å². The van der Waals surface area contributed by atoms with Gasteiger partial charge in [0.2, 0.25) is 10.0 Å². The van der Waals surface area contributed by atoms with Crippen molar-refractivity contribution in [3.8, 4) is 0 Å². The van der Waals surface area contributed by atoms with E-state index in [9.17, 15) is 18.0 Å². The fraction of sp³-hybridized carbons (Fsp3) is 0.360. The van der Waals surface area contributed by atoms with Crippen LogP contribution in [0.1, 0.15) is 41.8 Å². The molecular formula is C25H27NO6S. The van der Waals surface area contributed by atoms with Gasteiger partial charge in [0.15, 0.2) is 0 Å². The van der Waals surface area contributed by atoms with E-state index in [1.54, 1.807) is 6.07 Å². The minimum absolute atomic E-state index is 0.104. The first-order valence-electron chi connectivity index (χ1n) is 10.9. The number of hydrogen-bond acceptors (Lipinski definition) is 6. The molecule has 33 heavy (non-hydrogen) atoms. The highest BCUT2D eigenvalue weighted by atomic mass is 32.2. The van der Waals surface area contributed by atoms with Gasteiger partial charge in [-0.2, -0.15) is 4.31 Å². The van der Waals surface area contributed by atoms with Crippen LogP contribution in [0.2, 0.25) is 0 Å². The van der Waals surface area contributed by atoms with Gasteiger partial charge in [-0.15, -0.1) is 0 Å². The molecule has 1 saturated heterocycles. The molecule has 7 nitrogen and oxygen atoms in total. The molecule has 1 fully saturated rings. The number of carbonyl (C=O) groups is 1. The van der Waals surface area contributed by atoms with Gasteiger partial charge in [0.1, 0.15) is 12.2 Å².